The predicted molar refractivity (Wildman–Crippen MR) is 93.6 cm³/mol. The topological polar surface area (TPSA) is 84.7 Å². The van der Waals surface area contributed by atoms with Crippen LogP contribution in [0, 0.1) is 17.7 Å². The number of carboxylic acids is 1. The van der Waals surface area contributed by atoms with E-state index in [0.717, 1.165) is 17.5 Å². The average Bonchev–Trinajstić information content (AvgIpc) is 3.27. The van der Waals surface area contributed by atoms with Crippen LogP contribution in [0.5, 0.6) is 5.75 Å². The van der Waals surface area contributed by atoms with Gasteiger partial charge in [0.05, 0.1) is 6.10 Å². The first kappa shape index (κ1) is 17.8. The molecule has 142 valence electrons. The largest absolute Gasteiger partial charge is 0.490 e. The molecule has 1 aliphatic heterocycles. The van der Waals surface area contributed by atoms with Gasteiger partial charge in [-0.05, 0) is 42.9 Å². The van der Waals surface area contributed by atoms with Crippen molar-refractivity contribution >= 4 is 23.6 Å². The van der Waals surface area contributed by atoms with E-state index >= 15 is 0 Å². The molecule has 2 aromatic rings. The number of hydrogen-bond acceptors (Lipinski definition) is 4. The summed E-state index contributed by atoms with van der Waals surface area (Å²) in [5.41, 5.74) is -0.162. The van der Waals surface area contributed by atoms with Gasteiger partial charge in [-0.15, -0.1) is 0 Å². The molecule has 0 spiro atoms. The highest BCUT2D eigenvalue weighted by Crippen LogP contribution is 2.40. The normalized spacial score (nSPS) is 24.1. The molecule has 0 bridgehead atoms. The molecule has 2 heterocycles. The van der Waals surface area contributed by atoms with Crippen LogP contribution >= 0.6 is 11.6 Å². The van der Waals surface area contributed by atoms with E-state index in [4.69, 9.17) is 21.4 Å². The van der Waals surface area contributed by atoms with Gasteiger partial charge in [-0.2, -0.15) is 9.78 Å². The number of fused-ring (bicyclic) bond motifs is 1. The third kappa shape index (κ3) is 3.62. The maximum absolute atomic E-state index is 13.4. The molecule has 4 rings (SSSR count). The summed E-state index contributed by atoms with van der Waals surface area (Å²) in [6.07, 6.45) is 2.85. The number of halogens is 2. The molecule has 1 aromatic heterocycles. The zero-order valence-electron chi connectivity index (χ0n) is 14.2. The second-order valence-electron chi connectivity index (χ2n) is 6.97. The number of aromatic nitrogens is 2. The highest BCUT2D eigenvalue weighted by atomic mass is 35.5. The Morgan fingerprint density at radius 3 is 2.52 bits per heavy atom. The number of hydrogen-bond donors (Lipinski definition) is 1. The third-order valence-corrected chi connectivity index (χ3v) is 5.34. The molecule has 7 nitrogen and oxygen atoms in total. The molecular formula is C18H17ClFN3O4. The lowest BCUT2D eigenvalue weighted by molar-refractivity contribution is 0.0690. The van der Waals surface area contributed by atoms with E-state index < -0.39 is 11.8 Å². The molecule has 1 amide bonds. The van der Waals surface area contributed by atoms with Gasteiger partial charge in [0.1, 0.15) is 11.6 Å². The van der Waals surface area contributed by atoms with Crippen LogP contribution in [-0.4, -0.2) is 51.0 Å². The highest BCUT2D eigenvalue weighted by molar-refractivity contribution is 6.30. The Morgan fingerprint density at radius 2 is 1.93 bits per heavy atom. The molecule has 0 radical (unpaired) electrons. The van der Waals surface area contributed by atoms with Gasteiger partial charge in [0.2, 0.25) is 0 Å². The minimum absolute atomic E-state index is 0.0431. The SMILES string of the molecule is O=C(O)c1ccn(C(=O)N2C[C@H]3C[C@H](Oc4cc(F)cc(Cl)c4)C[C@H]3C2)n1. The number of rotatable bonds is 3. The van der Waals surface area contributed by atoms with Crippen molar-refractivity contribution in [1.29, 1.82) is 0 Å². The van der Waals surface area contributed by atoms with E-state index in [0.29, 0.717) is 23.9 Å². The van der Waals surface area contributed by atoms with Gasteiger partial charge in [-0.1, -0.05) is 11.6 Å². The molecule has 27 heavy (non-hydrogen) atoms. The van der Waals surface area contributed by atoms with E-state index in [1.165, 1.54) is 24.4 Å². The first-order valence-corrected chi connectivity index (χ1v) is 8.98. The second-order valence-corrected chi connectivity index (χ2v) is 7.41. The fourth-order valence-electron chi connectivity index (χ4n) is 3.98. The Balaban J connectivity index is 1.36. The van der Waals surface area contributed by atoms with Crippen molar-refractivity contribution in [1.82, 2.24) is 14.7 Å². The summed E-state index contributed by atoms with van der Waals surface area (Å²) in [6.45, 7) is 1.13. The van der Waals surface area contributed by atoms with Crippen molar-refractivity contribution in [2.24, 2.45) is 11.8 Å². The van der Waals surface area contributed by atoms with Crippen LogP contribution in [0.25, 0.3) is 0 Å². The third-order valence-electron chi connectivity index (χ3n) is 5.12. The molecule has 2 fully saturated rings. The molecule has 9 heteroatoms. The monoisotopic (exact) mass is 393 g/mol. The number of carbonyl (C=O) groups is 2. The van der Waals surface area contributed by atoms with E-state index in [2.05, 4.69) is 5.10 Å². The minimum atomic E-state index is -1.17. The van der Waals surface area contributed by atoms with Crippen LogP contribution in [0.3, 0.4) is 0 Å². The quantitative estimate of drug-likeness (QED) is 0.866. The lowest BCUT2D eigenvalue weighted by Gasteiger charge is -2.20. The second kappa shape index (κ2) is 6.84. The Kier molecular flexibility index (Phi) is 4.51. The standard InChI is InChI=1S/C18H17ClFN3O4/c19-12-5-13(20)7-15(6-12)27-14-3-10-8-22(9-11(10)4-14)18(26)23-2-1-16(21-23)17(24)25/h1-2,5-7,10-11,14H,3-4,8-9H2,(H,24,25)/t10-,11+,14+. The Morgan fingerprint density at radius 1 is 1.22 bits per heavy atom. The van der Waals surface area contributed by atoms with Crippen molar-refractivity contribution in [3.05, 3.63) is 47.0 Å². The van der Waals surface area contributed by atoms with Crippen LogP contribution in [0.1, 0.15) is 23.3 Å². The van der Waals surface area contributed by atoms with Crippen molar-refractivity contribution in [3.8, 4) is 5.75 Å². The van der Waals surface area contributed by atoms with Crippen LogP contribution in [0.4, 0.5) is 9.18 Å². The van der Waals surface area contributed by atoms with Gasteiger partial charge in [0.25, 0.3) is 0 Å². The van der Waals surface area contributed by atoms with Gasteiger partial charge >= 0.3 is 12.0 Å². The number of aromatic carboxylic acids is 1. The van der Waals surface area contributed by atoms with Crippen molar-refractivity contribution < 1.29 is 23.8 Å². The summed E-state index contributed by atoms with van der Waals surface area (Å²) in [4.78, 5) is 25.1. The molecule has 0 unspecified atom stereocenters. The van der Waals surface area contributed by atoms with Crippen molar-refractivity contribution in [2.45, 2.75) is 18.9 Å². The molecular weight excluding hydrogens is 377 g/mol. The maximum Gasteiger partial charge on any atom is 0.356 e. The summed E-state index contributed by atoms with van der Waals surface area (Å²) < 4.78 is 20.4. The number of carbonyl (C=O) groups excluding carboxylic acids is 1. The van der Waals surface area contributed by atoms with Crippen LogP contribution in [0.15, 0.2) is 30.5 Å². The zero-order chi connectivity index (χ0) is 19.1. The number of benzene rings is 1. The summed E-state index contributed by atoms with van der Waals surface area (Å²) >= 11 is 5.86. The van der Waals surface area contributed by atoms with Crippen molar-refractivity contribution in [3.63, 3.8) is 0 Å². The molecule has 1 aliphatic carbocycles. The summed E-state index contributed by atoms with van der Waals surface area (Å²) in [7, 11) is 0. The Labute approximate surface area is 159 Å². The average molecular weight is 394 g/mol. The lowest BCUT2D eigenvalue weighted by atomic mass is 10.0. The first-order chi connectivity index (χ1) is 12.9. The fourth-order valence-corrected chi connectivity index (χ4v) is 4.19. The molecule has 1 saturated heterocycles. The van der Waals surface area contributed by atoms with Crippen LogP contribution in [0.2, 0.25) is 5.02 Å². The number of amides is 1. The molecule has 1 aromatic carbocycles. The molecule has 1 N–H and O–H groups in total. The number of likely N-dealkylation sites (tertiary alicyclic amines) is 1. The number of nitrogens with zero attached hydrogens (tertiary/aromatic N) is 3. The molecule has 1 saturated carbocycles. The Bertz CT molecular complexity index is 868. The number of carboxylic acid groups (broad SMARTS) is 1. The van der Waals surface area contributed by atoms with Crippen molar-refractivity contribution in [2.75, 3.05) is 13.1 Å². The predicted octanol–water partition coefficient (Wildman–Crippen LogP) is 3.13. The Hall–Kier alpha value is -2.61. The smallest absolute Gasteiger partial charge is 0.356 e. The van der Waals surface area contributed by atoms with E-state index in [1.54, 1.807) is 11.0 Å². The summed E-state index contributed by atoms with van der Waals surface area (Å²) in [5.74, 6) is -0.615. The lowest BCUT2D eigenvalue weighted by Crippen LogP contribution is -2.34. The maximum atomic E-state index is 13.4. The van der Waals surface area contributed by atoms with Crippen LogP contribution < -0.4 is 4.74 Å². The first-order valence-electron chi connectivity index (χ1n) is 8.60. The van der Waals surface area contributed by atoms with Gasteiger partial charge in [-0.3, -0.25) is 0 Å². The fraction of sp³-hybridized carbons (Fsp3) is 0.389. The van der Waals surface area contributed by atoms with Gasteiger partial charge in [0, 0.05) is 30.4 Å². The van der Waals surface area contributed by atoms with E-state index in [1.807, 2.05) is 0 Å². The molecule has 2 aliphatic rings. The van der Waals surface area contributed by atoms with Gasteiger partial charge in [-0.25, -0.2) is 14.0 Å². The highest BCUT2D eigenvalue weighted by Gasteiger charge is 2.43. The minimum Gasteiger partial charge on any atom is -0.490 e. The summed E-state index contributed by atoms with van der Waals surface area (Å²) in [5, 5.41) is 13.0. The summed E-state index contributed by atoms with van der Waals surface area (Å²) in [6, 6.07) is 5.10. The number of ether oxygens (including phenoxy) is 1. The van der Waals surface area contributed by atoms with E-state index in [-0.39, 0.29) is 29.7 Å². The van der Waals surface area contributed by atoms with Crippen LogP contribution in [-0.2, 0) is 0 Å². The van der Waals surface area contributed by atoms with Gasteiger partial charge < -0.3 is 14.7 Å². The van der Waals surface area contributed by atoms with E-state index in [9.17, 15) is 14.0 Å². The van der Waals surface area contributed by atoms with Gasteiger partial charge in [0.15, 0.2) is 5.69 Å². The molecule has 3 atom stereocenters. The zero-order valence-corrected chi connectivity index (χ0v) is 15.0.